The number of nitrogens with one attached hydrogen (secondary N) is 1. The Hall–Kier alpha value is -0.120. The molecule has 78 valence electrons. The molecule has 0 spiro atoms. The van der Waals surface area contributed by atoms with Crippen LogP contribution >= 0.6 is 0 Å². The van der Waals surface area contributed by atoms with Crippen molar-refractivity contribution in [3.05, 3.63) is 0 Å². The largest absolute Gasteiger partial charge is 0.389 e. The Labute approximate surface area is 80.5 Å². The first kappa shape index (κ1) is 11.0. The molecule has 1 rings (SSSR count). The van der Waals surface area contributed by atoms with Gasteiger partial charge in [0, 0.05) is 19.2 Å². The van der Waals surface area contributed by atoms with Crippen LogP contribution in [0.2, 0.25) is 0 Å². The standard InChI is InChI=1S/C10H21NO2/c1-10(5-3-4-6-10)11-7-9(12)8-13-2/h9,11-12H,3-8H2,1-2H3. The number of β-amino-alcohol motifs (C(OH)–C–C–N with tert-alkyl or cyclic N) is 1. The van der Waals surface area contributed by atoms with Gasteiger partial charge in [0.1, 0.15) is 0 Å². The van der Waals surface area contributed by atoms with Crippen LogP contribution in [0.1, 0.15) is 32.6 Å². The number of hydrogen-bond donors (Lipinski definition) is 2. The van der Waals surface area contributed by atoms with Gasteiger partial charge >= 0.3 is 0 Å². The minimum atomic E-state index is -0.373. The van der Waals surface area contributed by atoms with Crippen LogP contribution in [-0.4, -0.2) is 37.0 Å². The highest BCUT2D eigenvalue weighted by Gasteiger charge is 2.28. The van der Waals surface area contributed by atoms with Crippen LogP contribution in [0, 0.1) is 0 Å². The quantitative estimate of drug-likeness (QED) is 0.672. The Morgan fingerprint density at radius 3 is 2.62 bits per heavy atom. The highest BCUT2D eigenvalue weighted by Crippen LogP contribution is 2.28. The molecule has 0 heterocycles. The van der Waals surface area contributed by atoms with Gasteiger partial charge in [-0.3, -0.25) is 0 Å². The number of aliphatic hydroxyl groups is 1. The molecule has 1 atom stereocenters. The molecule has 0 bridgehead atoms. The van der Waals surface area contributed by atoms with Crippen LogP contribution in [0.4, 0.5) is 0 Å². The van der Waals surface area contributed by atoms with Crippen molar-refractivity contribution in [1.82, 2.24) is 5.32 Å². The van der Waals surface area contributed by atoms with Crippen molar-refractivity contribution >= 4 is 0 Å². The van der Waals surface area contributed by atoms with Gasteiger partial charge in [-0.05, 0) is 19.8 Å². The first-order valence-corrected chi connectivity index (χ1v) is 5.08. The maximum absolute atomic E-state index is 9.44. The Balaban J connectivity index is 2.17. The maximum Gasteiger partial charge on any atom is 0.0897 e. The number of ether oxygens (including phenoxy) is 1. The van der Waals surface area contributed by atoms with Crippen molar-refractivity contribution in [2.75, 3.05) is 20.3 Å². The van der Waals surface area contributed by atoms with E-state index in [-0.39, 0.29) is 11.6 Å². The van der Waals surface area contributed by atoms with Crippen molar-refractivity contribution in [2.24, 2.45) is 0 Å². The second-order valence-corrected chi connectivity index (χ2v) is 4.26. The molecule has 0 amide bonds. The van der Waals surface area contributed by atoms with Crippen molar-refractivity contribution in [1.29, 1.82) is 0 Å². The van der Waals surface area contributed by atoms with Crippen LogP contribution in [0.3, 0.4) is 0 Å². The lowest BCUT2D eigenvalue weighted by molar-refractivity contribution is 0.0593. The predicted octanol–water partition coefficient (Wildman–Crippen LogP) is 0.916. The van der Waals surface area contributed by atoms with Crippen LogP contribution in [0.25, 0.3) is 0 Å². The fraction of sp³-hybridized carbons (Fsp3) is 1.00. The third kappa shape index (κ3) is 3.63. The first-order chi connectivity index (χ1) is 6.16. The molecule has 0 aromatic rings. The molecule has 3 heteroatoms. The molecule has 1 unspecified atom stereocenters. The van der Waals surface area contributed by atoms with Gasteiger partial charge in [0.2, 0.25) is 0 Å². The summed E-state index contributed by atoms with van der Waals surface area (Å²) in [6.45, 7) is 3.30. The third-order valence-electron chi connectivity index (χ3n) is 2.83. The molecule has 1 aliphatic rings. The van der Waals surface area contributed by atoms with E-state index in [4.69, 9.17) is 4.74 Å². The molecule has 2 N–H and O–H groups in total. The molecule has 1 fully saturated rings. The van der Waals surface area contributed by atoms with Crippen molar-refractivity contribution in [2.45, 2.75) is 44.2 Å². The van der Waals surface area contributed by atoms with E-state index >= 15 is 0 Å². The molecule has 0 saturated heterocycles. The molecule has 0 aromatic heterocycles. The average Bonchev–Trinajstić information content (AvgIpc) is 2.51. The van der Waals surface area contributed by atoms with Gasteiger partial charge in [-0.15, -0.1) is 0 Å². The SMILES string of the molecule is COCC(O)CNC1(C)CCCC1. The monoisotopic (exact) mass is 187 g/mol. The molecule has 3 nitrogen and oxygen atoms in total. The van der Waals surface area contributed by atoms with E-state index in [0.29, 0.717) is 13.2 Å². The van der Waals surface area contributed by atoms with Gasteiger partial charge in [0.25, 0.3) is 0 Å². The van der Waals surface area contributed by atoms with Gasteiger partial charge < -0.3 is 15.2 Å². The number of hydrogen-bond acceptors (Lipinski definition) is 3. The Kier molecular flexibility index (Phi) is 4.16. The van der Waals surface area contributed by atoms with E-state index in [0.717, 1.165) is 0 Å². The van der Waals surface area contributed by atoms with Gasteiger partial charge in [-0.25, -0.2) is 0 Å². The summed E-state index contributed by atoms with van der Waals surface area (Å²) in [6.07, 6.45) is 4.70. The van der Waals surface area contributed by atoms with E-state index in [1.54, 1.807) is 7.11 Å². The maximum atomic E-state index is 9.44. The Bertz CT molecular complexity index is 144. The molecule has 1 saturated carbocycles. The first-order valence-electron chi connectivity index (χ1n) is 5.08. The summed E-state index contributed by atoms with van der Waals surface area (Å²) in [5.41, 5.74) is 0.259. The number of rotatable bonds is 5. The van der Waals surface area contributed by atoms with Crippen LogP contribution in [0.5, 0.6) is 0 Å². The zero-order valence-corrected chi connectivity index (χ0v) is 8.68. The van der Waals surface area contributed by atoms with E-state index in [1.165, 1.54) is 25.7 Å². The third-order valence-corrected chi connectivity index (χ3v) is 2.83. The predicted molar refractivity (Wildman–Crippen MR) is 52.8 cm³/mol. The summed E-state index contributed by atoms with van der Waals surface area (Å²) >= 11 is 0. The molecular formula is C10H21NO2. The van der Waals surface area contributed by atoms with Crippen molar-refractivity contribution in [3.63, 3.8) is 0 Å². The normalized spacial score (nSPS) is 23.3. The second-order valence-electron chi connectivity index (χ2n) is 4.26. The van der Waals surface area contributed by atoms with E-state index in [9.17, 15) is 5.11 Å². The molecule has 0 radical (unpaired) electrons. The smallest absolute Gasteiger partial charge is 0.0897 e. The zero-order chi connectivity index (χ0) is 9.73. The van der Waals surface area contributed by atoms with Crippen molar-refractivity contribution in [3.8, 4) is 0 Å². The molecule has 0 aliphatic heterocycles. The highest BCUT2D eigenvalue weighted by atomic mass is 16.5. The summed E-state index contributed by atoms with van der Waals surface area (Å²) in [7, 11) is 1.61. The Morgan fingerprint density at radius 1 is 1.46 bits per heavy atom. The zero-order valence-electron chi connectivity index (χ0n) is 8.68. The van der Waals surface area contributed by atoms with Crippen LogP contribution < -0.4 is 5.32 Å². The van der Waals surface area contributed by atoms with Crippen LogP contribution in [-0.2, 0) is 4.74 Å². The Morgan fingerprint density at radius 2 is 2.08 bits per heavy atom. The summed E-state index contributed by atoms with van der Waals surface area (Å²) in [6, 6.07) is 0. The highest BCUT2D eigenvalue weighted by molar-refractivity contribution is 4.88. The van der Waals surface area contributed by atoms with Crippen LogP contribution in [0.15, 0.2) is 0 Å². The average molecular weight is 187 g/mol. The van der Waals surface area contributed by atoms with E-state index in [2.05, 4.69) is 12.2 Å². The van der Waals surface area contributed by atoms with Crippen molar-refractivity contribution < 1.29 is 9.84 Å². The fourth-order valence-electron chi connectivity index (χ4n) is 1.95. The number of aliphatic hydroxyl groups excluding tert-OH is 1. The minimum absolute atomic E-state index is 0.259. The molecule has 0 aromatic carbocycles. The molecule has 1 aliphatic carbocycles. The van der Waals surface area contributed by atoms with Gasteiger partial charge in [-0.1, -0.05) is 12.8 Å². The summed E-state index contributed by atoms with van der Waals surface area (Å²) in [5.74, 6) is 0. The van der Waals surface area contributed by atoms with Gasteiger partial charge in [-0.2, -0.15) is 0 Å². The van der Waals surface area contributed by atoms with Gasteiger partial charge in [0.15, 0.2) is 0 Å². The fourth-order valence-corrected chi connectivity index (χ4v) is 1.95. The minimum Gasteiger partial charge on any atom is -0.389 e. The lowest BCUT2D eigenvalue weighted by atomic mass is 10.0. The van der Waals surface area contributed by atoms with Gasteiger partial charge in [0.05, 0.1) is 12.7 Å². The van der Waals surface area contributed by atoms with E-state index in [1.807, 2.05) is 0 Å². The lowest BCUT2D eigenvalue weighted by Gasteiger charge is -2.26. The van der Waals surface area contributed by atoms with E-state index < -0.39 is 0 Å². The molecular weight excluding hydrogens is 166 g/mol. The molecule has 13 heavy (non-hydrogen) atoms. The second kappa shape index (κ2) is 4.94. The summed E-state index contributed by atoms with van der Waals surface area (Å²) < 4.78 is 4.86. The number of methoxy groups -OCH3 is 1. The topological polar surface area (TPSA) is 41.5 Å². The summed E-state index contributed by atoms with van der Waals surface area (Å²) in [5, 5.41) is 12.8. The lowest BCUT2D eigenvalue weighted by Crippen LogP contribution is -2.44. The summed E-state index contributed by atoms with van der Waals surface area (Å²) in [4.78, 5) is 0.